The van der Waals surface area contributed by atoms with Gasteiger partial charge >= 0.3 is 0 Å². The van der Waals surface area contributed by atoms with E-state index in [1.165, 1.54) is 7.11 Å². The molecule has 2 rings (SSSR count). The number of rotatable bonds is 7. The zero-order valence-corrected chi connectivity index (χ0v) is 16.8. The lowest BCUT2D eigenvalue weighted by atomic mass is 10.2. The molecule has 0 radical (unpaired) electrons. The molecule has 0 saturated carbocycles. The lowest BCUT2D eigenvalue weighted by Crippen LogP contribution is -2.36. The number of anilines is 2. The van der Waals surface area contributed by atoms with E-state index in [4.69, 9.17) is 27.9 Å². The molecule has 0 atom stereocenters. The van der Waals surface area contributed by atoms with E-state index in [0.717, 1.165) is 5.56 Å². The van der Waals surface area contributed by atoms with Gasteiger partial charge in [-0.05, 0) is 49.9 Å². The molecule has 0 unspecified atom stereocenters. The number of aryl methyl sites for hydroxylation is 1. The molecule has 27 heavy (non-hydrogen) atoms. The largest absolute Gasteiger partial charge is 0.495 e. The van der Waals surface area contributed by atoms with Crippen molar-refractivity contribution in [2.24, 2.45) is 0 Å². The van der Waals surface area contributed by atoms with Gasteiger partial charge in [0.2, 0.25) is 11.8 Å². The zero-order chi connectivity index (χ0) is 20.0. The molecule has 6 nitrogen and oxygen atoms in total. The van der Waals surface area contributed by atoms with E-state index in [9.17, 15) is 9.59 Å². The molecule has 0 fully saturated rings. The highest BCUT2D eigenvalue weighted by molar-refractivity contribution is 6.33. The van der Waals surface area contributed by atoms with Gasteiger partial charge in [-0.3, -0.25) is 14.5 Å². The SMILES string of the molecule is COc1ccc(Cl)cc1NC(=O)CN(C)CC(=O)Nc1ccc(C)cc1Cl. The molecule has 2 aromatic rings. The Kier molecular flexibility index (Phi) is 7.47. The number of methoxy groups -OCH3 is 1. The van der Waals surface area contributed by atoms with Gasteiger partial charge in [0.25, 0.3) is 0 Å². The van der Waals surface area contributed by atoms with Gasteiger partial charge in [0.15, 0.2) is 0 Å². The van der Waals surface area contributed by atoms with Crippen molar-refractivity contribution in [3.63, 3.8) is 0 Å². The van der Waals surface area contributed by atoms with Crippen LogP contribution in [0.25, 0.3) is 0 Å². The molecule has 0 aliphatic heterocycles. The van der Waals surface area contributed by atoms with Crippen LogP contribution in [-0.4, -0.2) is 44.0 Å². The highest BCUT2D eigenvalue weighted by Gasteiger charge is 2.14. The highest BCUT2D eigenvalue weighted by Crippen LogP contribution is 2.27. The Hall–Kier alpha value is -2.28. The van der Waals surface area contributed by atoms with Crippen LogP contribution in [0.1, 0.15) is 5.56 Å². The summed E-state index contributed by atoms with van der Waals surface area (Å²) < 4.78 is 5.19. The number of nitrogens with one attached hydrogen (secondary N) is 2. The Balaban J connectivity index is 1.89. The number of amides is 2. The highest BCUT2D eigenvalue weighted by atomic mass is 35.5. The van der Waals surface area contributed by atoms with Crippen LogP contribution >= 0.6 is 23.2 Å². The van der Waals surface area contributed by atoms with Crippen LogP contribution in [0, 0.1) is 6.92 Å². The minimum atomic E-state index is -0.292. The van der Waals surface area contributed by atoms with E-state index in [1.807, 2.05) is 13.0 Å². The number of nitrogens with zero attached hydrogens (tertiary/aromatic N) is 1. The lowest BCUT2D eigenvalue weighted by Gasteiger charge is -2.17. The first kappa shape index (κ1) is 21.0. The third kappa shape index (κ3) is 6.43. The maximum atomic E-state index is 12.2. The molecule has 0 aromatic heterocycles. The van der Waals surface area contributed by atoms with Crippen molar-refractivity contribution in [1.29, 1.82) is 0 Å². The van der Waals surface area contributed by atoms with Gasteiger partial charge in [-0.1, -0.05) is 29.3 Å². The van der Waals surface area contributed by atoms with E-state index in [2.05, 4.69) is 10.6 Å². The van der Waals surface area contributed by atoms with Crippen molar-refractivity contribution in [2.75, 3.05) is 37.9 Å². The minimum Gasteiger partial charge on any atom is -0.495 e. The molecular weight excluding hydrogens is 389 g/mol. The molecule has 144 valence electrons. The Labute approximate surface area is 168 Å². The predicted molar refractivity (Wildman–Crippen MR) is 109 cm³/mol. The van der Waals surface area contributed by atoms with Crippen molar-refractivity contribution in [2.45, 2.75) is 6.92 Å². The van der Waals surface area contributed by atoms with Gasteiger partial charge in [0.05, 0.1) is 36.6 Å². The standard InChI is InChI=1S/C19H21Cl2N3O3/c1-12-4-6-15(14(21)8-12)22-18(25)10-24(2)11-19(26)23-16-9-13(20)5-7-17(16)27-3/h4-9H,10-11H2,1-3H3,(H,22,25)(H,23,26). The number of ether oxygens (including phenoxy) is 1. The normalized spacial score (nSPS) is 10.6. The van der Waals surface area contributed by atoms with Gasteiger partial charge in [-0.25, -0.2) is 0 Å². The van der Waals surface area contributed by atoms with Gasteiger partial charge in [-0.2, -0.15) is 0 Å². The second-order valence-corrected chi connectivity index (χ2v) is 6.94. The summed E-state index contributed by atoms with van der Waals surface area (Å²) in [5.41, 5.74) is 2.01. The summed E-state index contributed by atoms with van der Waals surface area (Å²) in [6, 6.07) is 10.3. The van der Waals surface area contributed by atoms with Crippen LogP contribution in [0.3, 0.4) is 0 Å². The molecule has 0 saturated heterocycles. The van der Waals surface area contributed by atoms with Crippen molar-refractivity contribution in [3.05, 3.63) is 52.0 Å². The molecular formula is C19H21Cl2N3O3. The van der Waals surface area contributed by atoms with E-state index < -0.39 is 0 Å². The quantitative estimate of drug-likeness (QED) is 0.728. The summed E-state index contributed by atoms with van der Waals surface area (Å²) in [6.07, 6.45) is 0. The molecule has 8 heteroatoms. The topological polar surface area (TPSA) is 70.7 Å². The van der Waals surface area contributed by atoms with Crippen LogP contribution < -0.4 is 15.4 Å². The van der Waals surface area contributed by atoms with Crippen molar-refractivity contribution >= 4 is 46.4 Å². The van der Waals surface area contributed by atoms with Crippen molar-refractivity contribution in [3.8, 4) is 5.75 Å². The van der Waals surface area contributed by atoms with Crippen molar-refractivity contribution in [1.82, 2.24) is 4.90 Å². The van der Waals surface area contributed by atoms with Crippen LogP contribution in [0.4, 0.5) is 11.4 Å². The molecule has 0 aliphatic rings. The van der Waals surface area contributed by atoms with E-state index >= 15 is 0 Å². The maximum absolute atomic E-state index is 12.2. The Morgan fingerprint density at radius 3 is 2.22 bits per heavy atom. The number of carbonyl (C=O) groups is 2. The summed E-state index contributed by atoms with van der Waals surface area (Å²) in [6.45, 7) is 1.97. The molecule has 0 aliphatic carbocycles. The average molecular weight is 410 g/mol. The molecule has 0 bridgehead atoms. The van der Waals surface area contributed by atoms with Crippen LogP contribution in [0.5, 0.6) is 5.75 Å². The second-order valence-electron chi connectivity index (χ2n) is 6.10. The van der Waals surface area contributed by atoms with Crippen LogP contribution in [-0.2, 0) is 9.59 Å². The number of hydrogen-bond acceptors (Lipinski definition) is 4. The number of benzene rings is 2. The second kappa shape index (κ2) is 9.60. The first-order valence-electron chi connectivity index (χ1n) is 8.16. The smallest absolute Gasteiger partial charge is 0.238 e. The van der Waals surface area contributed by atoms with E-state index in [-0.39, 0.29) is 24.9 Å². The van der Waals surface area contributed by atoms with Crippen molar-refractivity contribution < 1.29 is 14.3 Å². The number of carbonyl (C=O) groups excluding carboxylic acids is 2. The zero-order valence-electron chi connectivity index (χ0n) is 15.3. The summed E-state index contributed by atoms with van der Waals surface area (Å²) in [4.78, 5) is 26.0. The summed E-state index contributed by atoms with van der Waals surface area (Å²) in [7, 11) is 3.18. The van der Waals surface area contributed by atoms with Crippen LogP contribution in [0.15, 0.2) is 36.4 Å². The monoisotopic (exact) mass is 409 g/mol. The fraction of sp³-hybridized carbons (Fsp3) is 0.263. The number of halogens is 2. The van der Waals surface area contributed by atoms with E-state index in [0.29, 0.717) is 27.2 Å². The van der Waals surface area contributed by atoms with Gasteiger partial charge < -0.3 is 15.4 Å². The summed E-state index contributed by atoms with van der Waals surface area (Å²) in [5.74, 6) is -0.0576. The fourth-order valence-electron chi connectivity index (χ4n) is 2.43. The molecule has 0 heterocycles. The summed E-state index contributed by atoms with van der Waals surface area (Å²) >= 11 is 12.1. The maximum Gasteiger partial charge on any atom is 0.238 e. The van der Waals surface area contributed by atoms with Gasteiger partial charge in [0.1, 0.15) is 5.75 Å². The Morgan fingerprint density at radius 2 is 1.63 bits per heavy atom. The Morgan fingerprint density at radius 1 is 1.00 bits per heavy atom. The minimum absolute atomic E-state index is 0.0186. The van der Waals surface area contributed by atoms with Gasteiger partial charge in [-0.15, -0.1) is 0 Å². The van der Waals surface area contributed by atoms with E-state index in [1.54, 1.807) is 42.3 Å². The number of likely N-dealkylation sites (N-methyl/N-ethyl adjacent to an activating group) is 1. The average Bonchev–Trinajstić information content (AvgIpc) is 2.57. The Bertz CT molecular complexity index is 843. The molecule has 2 amide bonds. The molecule has 2 N–H and O–H groups in total. The first-order valence-corrected chi connectivity index (χ1v) is 8.92. The third-order valence-electron chi connectivity index (χ3n) is 3.66. The molecule has 2 aromatic carbocycles. The summed E-state index contributed by atoms with van der Waals surface area (Å²) in [5, 5.41) is 6.41. The van der Waals surface area contributed by atoms with Crippen LogP contribution in [0.2, 0.25) is 10.0 Å². The number of hydrogen-bond donors (Lipinski definition) is 2. The lowest BCUT2D eigenvalue weighted by molar-refractivity contribution is -0.119. The van der Waals surface area contributed by atoms with Gasteiger partial charge in [0, 0.05) is 5.02 Å². The molecule has 0 spiro atoms. The fourth-order valence-corrected chi connectivity index (χ4v) is 2.88. The third-order valence-corrected chi connectivity index (χ3v) is 4.21. The predicted octanol–water partition coefficient (Wildman–Crippen LogP) is 3.82. The first-order chi connectivity index (χ1) is 12.8.